The highest BCUT2D eigenvalue weighted by Crippen LogP contribution is 2.48. The van der Waals surface area contributed by atoms with E-state index in [9.17, 15) is 9.11 Å². The number of hydrogen-bond acceptors (Lipinski definition) is 3. The maximum absolute atomic E-state index is 9.42. The molecule has 0 spiro atoms. The number of nitrogens with zero attached hydrogens (tertiary/aromatic N) is 1. The van der Waals surface area contributed by atoms with Crippen LogP contribution in [-0.2, 0) is 0 Å². The average molecular weight is 179 g/mol. The molecule has 0 aromatic carbocycles. The van der Waals surface area contributed by atoms with E-state index in [1.807, 2.05) is 0 Å². The fourth-order valence-electron chi connectivity index (χ4n) is 1.72. The second-order valence-corrected chi connectivity index (χ2v) is 5.84. The van der Waals surface area contributed by atoms with E-state index in [-0.39, 0.29) is 5.54 Å². The van der Waals surface area contributed by atoms with Gasteiger partial charge in [0.05, 0.1) is 0 Å². The van der Waals surface area contributed by atoms with Gasteiger partial charge in [0, 0.05) is 18.3 Å². The summed E-state index contributed by atoms with van der Waals surface area (Å²) in [7, 11) is -2.48. The maximum Gasteiger partial charge on any atom is 0.0418 e. The number of hydrogen-bond donors (Lipinski definition) is 2. The Morgan fingerprint density at radius 1 is 1.36 bits per heavy atom. The predicted molar refractivity (Wildman–Crippen MR) is 48.8 cm³/mol. The molecule has 3 nitrogen and oxygen atoms in total. The monoisotopic (exact) mass is 179 g/mol. The molecular weight excluding hydrogens is 162 g/mol. The van der Waals surface area contributed by atoms with Gasteiger partial charge in [0.25, 0.3) is 0 Å². The van der Waals surface area contributed by atoms with Crippen LogP contribution in [-0.4, -0.2) is 31.8 Å². The van der Waals surface area contributed by atoms with Crippen molar-refractivity contribution in [2.75, 3.05) is 12.8 Å². The first-order chi connectivity index (χ1) is 4.84. The highest BCUT2D eigenvalue weighted by molar-refractivity contribution is 8.21. The Morgan fingerprint density at radius 3 is 2.09 bits per heavy atom. The molecule has 11 heavy (non-hydrogen) atoms. The van der Waals surface area contributed by atoms with Crippen molar-refractivity contribution < 1.29 is 9.11 Å². The summed E-state index contributed by atoms with van der Waals surface area (Å²) in [6.45, 7) is 4.92. The topological polar surface area (TPSA) is 43.7 Å². The third-order valence-corrected chi connectivity index (χ3v) is 3.75. The lowest BCUT2D eigenvalue weighted by atomic mass is 10.0. The minimum absolute atomic E-state index is 0.0341. The lowest BCUT2D eigenvalue weighted by Crippen LogP contribution is -2.39. The van der Waals surface area contributed by atoms with Crippen molar-refractivity contribution in [3.63, 3.8) is 0 Å². The Kier molecular flexibility index (Phi) is 2.22. The maximum atomic E-state index is 9.42. The molecule has 0 atom stereocenters. The van der Waals surface area contributed by atoms with Crippen LogP contribution in [0.15, 0.2) is 0 Å². The summed E-state index contributed by atoms with van der Waals surface area (Å²) < 4.78 is 20.6. The standard InChI is InChI=1S/C7H17NO2S/c1-7(2)5-4-6-8(7)11(3,9)10/h9-10H,4-6H2,1-3H3. The largest absolute Gasteiger partial charge is 0.286 e. The molecule has 1 rings (SSSR count). The summed E-state index contributed by atoms with van der Waals surface area (Å²) in [6.07, 6.45) is 3.62. The van der Waals surface area contributed by atoms with E-state index in [0.29, 0.717) is 0 Å². The molecule has 68 valence electrons. The molecule has 1 saturated heterocycles. The molecule has 1 fully saturated rings. The normalized spacial score (nSPS) is 27.4. The fraction of sp³-hybridized carbons (Fsp3) is 1.00. The van der Waals surface area contributed by atoms with E-state index < -0.39 is 10.8 Å². The van der Waals surface area contributed by atoms with Crippen LogP contribution in [0.2, 0.25) is 0 Å². The van der Waals surface area contributed by atoms with E-state index in [1.165, 1.54) is 6.26 Å². The molecule has 0 aromatic rings. The van der Waals surface area contributed by atoms with Crippen molar-refractivity contribution in [2.45, 2.75) is 32.2 Å². The molecule has 0 aromatic heterocycles. The van der Waals surface area contributed by atoms with E-state index in [1.54, 1.807) is 4.31 Å². The Morgan fingerprint density at radius 2 is 1.91 bits per heavy atom. The summed E-state index contributed by atoms with van der Waals surface area (Å²) in [5.41, 5.74) is -0.0341. The molecule has 0 aliphatic carbocycles. The van der Waals surface area contributed by atoms with Gasteiger partial charge in [0.15, 0.2) is 0 Å². The zero-order valence-electron chi connectivity index (χ0n) is 7.37. The highest BCUT2D eigenvalue weighted by atomic mass is 32.3. The van der Waals surface area contributed by atoms with Crippen LogP contribution in [0.1, 0.15) is 26.7 Å². The Hall–Kier alpha value is 0.230. The molecule has 0 unspecified atom stereocenters. The van der Waals surface area contributed by atoms with Crippen molar-refractivity contribution in [3.8, 4) is 0 Å². The first-order valence-corrected chi connectivity index (χ1v) is 5.76. The molecular formula is C7H17NO2S. The molecule has 1 aliphatic rings. The van der Waals surface area contributed by atoms with Gasteiger partial charge >= 0.3 is 0 Å². The van der Waals surface area contributed by atoms with Crippen LogP contribution in [0.4, 0.5) is 0 Å². The van der Waals surface area contributed by atoms with Crippen molar-refractivity contribution in [3.05, 3.63) is 0 Å². The van der Waals surface area contributed by atoms with Crippen LogP contribution >= 0.6 is 10.8 Å². The van der Waals surface area contributed by atoms with Crippen LogP contribution in [0.3, 0.4) is 0 Å². The average Bonchev–Trinajstić information content (AvgIpc) is 2.06. The SMILES string of the molecule is CC1(C)CCCN1S(C)(O)O. The molecule has 0 amide bonds. The third kappa shape index (κ3) is 1.87. The minimum atomic E-state index is -2.48. The Bertz CT molecular complexity index is 153. The Balaban J connectivity index is 2.73. The summed E-state index contributed by atoms with van der Waals surface area (Å²) in [4.78, 5) is 0. The zero-order valence-corrected chi connectivity index (χ0v) is 8.19. The fourth-order valence-corrected chi connectivity index (χ4v) is 3.23. The van der Waals surface area contributed by atoms with Gasteiger partial charge < -0.3 is 0 Å². The van der Waals surface area contributed by atoms with Crippen LogP contribution < -0.4 is 0 Å². The van der Waals surface area contributed by atoms with Gasteiger partial charge in [-0.05, 0) is 26.7 Å². The van der Waals surface area contributed by atoms with Crippen LogP contribution in [0.25, 0.3) is 0 Å². The Labute approximate surface area is 69.9 Å². The van der Waals surface area contributed by atoms with Gasteiger partial charge in [-0.3, -0.25) is 9.11 Å². The first-order valence-electron chi connectivity index (χ1n) is 3.85. The van der Waals surface area contributed by atoms with Crippen molar-refractivity contribution in [2.24, 2.45) is 0 Å². The molecule has 0 radical (unpaired) electrons. The van der Waals surface area contributed by atoms with E-state index in [4.69, 9.17) is 0 Å². The van der Waals surface area contributed by atoms with Gasteiger partial charge in [-0.15, -0.1) is 10.8 Å². The van der Waals surface area contributed by atoms with Crippen molar-refractivity contribution >= 4 is 10.8 Å². The van der Waals surface area contributed by atoms with Gasteiger partial charge in [-0.25, -0.2) is 4.31 Å². The van der Waals surface area contributed by atoms with Gasteiger partial charge in [0.1, 0.15) is 0 Å². The summed E-state index contributed by atoms with van der Waals surface area (Å²) in [5.74, 6) is 0. The molecule has 4 heteroatoms. The summed E-state index contributed by atoms with van der Waals surface area (Å²) >= 11 is 0. The van der Waals surface area contributed by atoms with Gasteiger partial charge in [-0.2, -0.15) is 0 Å². The predicted octanol–water partition coefficient (Wildman–Crippen LogP) is 2.16. The van der Waals surface area contributed by atoms with E-state index >= 15 is 0 Å². The zero-order chi connectivity index (χ0) is 8.70. The lowest BCUT2D eigenvalue weighted by molar-refractivity contribution is 0.262. The lowest BCUT2D eigenvalue weighted by Gasteiger charge is -2.44. The molecule has 1 aliphatic heterocycles. The van der Waals surface area contributed by atoms with Crippen molar-refractivity contribution in [1.82, 2.24) is 4.31 Å². The quantitative estimate of drug-likeness (QED) is 0.648. The van der Waals surface area contributed by atoms with Crippen molar-refractivity contribution in [1.29, 1.82) is 0 Å². The number of rotatable bonds is 1. The van der Waals surface area contributed by atoms with E-state index in [2.05, 4.69) is 13.8 Å². The van der Waals surface area contributed by atoms with Crippen LogP contribution in [0.5, 0.6) is 0 Å². The van der Waals surface area contributed by atoms with E-state index in [0.717, 1.165) is 19.4 Å². The first kappa shape index (κ1) is 9.32. The van der Waals surface area contributed by atoms with Crippen LogP contribution in [0, 0.1) is 0 Å². The highest BCUT2D eigenvalue weighted by Gasteiger charge is 2.37. The smallest absolute Gasteiger partial charge is 0.0418 e. The molecule has 2 N–H and O–H groups in total. The summed E-state index contributed by atoms with van der Waals surface area (Å²) in [6, 6.07) is 0. The second-order valence-electron chi connectivity index (χ2n) is 3.81. The minimum Gasteiger partial charge on any atom is -0.286 e. The third-order valence-electron chi connectivity index (χ3n) is 2.24. The van der Waals surface area contributed by atoms with Gasteiger partial charge in [-0.1, -0.05) is 0 Å². The second kappa shape index (κ2) is 2.62. The summed E-state index contributed by atoms with van der Waals surface area (Å²) in [5, 5.41) is 0. The molecule has 0 saturated carbocycles. The van der Waals surface area contributed by atoms with Gasteiger partial charge in [0.2, 0.25) is 0 Å². The molecule has 0 bridgehead atoms. The molecule has 1 heterocycles.